The van der Waals surface area contributed by atoms with Crippen molar-refractivity contribution in [3.63, 3.8) is 0 Å². The summed E-state index contributed by atoms with van der Waals surface area (Å²) in [5.74, 6) is -1.50. The molecule has 0 saturated carbocycles. The topological polar surface area (TPSA) is 106 Å². The minimum Gasteiger partial charge on any atom is -0.495 e. The van der Waals surface area contributed by atoms with Crippen LogP contribution in [0.4, 0.5) is 5.69 Å². The van der Waals surface area contributed by atoms with Gasteiger partial charge in [-0.3, -0.25) is 9.10 Å². The van der Waals surface area contributed by atoms with E-state index in [9.17, 15) is 18.0 Å². The number of anilines is 1. The lowest BCUT2D eigenvalue weighted by Gasteiger charge is -2.25. The fourth-order valence-corrected chi connectivity index (χ4v) is 6.06. The Labute approximate surface area is 213 Å². The molecule has 1 aromatic heterocycles. The highest BCUT2D eigenvalue weighted by Crippen LogP contribution is 2.37. The summed E-state index contributed by atoms with van der Waals surface area (Å²) in [7, 11) is -1.57. The van der Waals surface area contributed by atoms with Gasteiger partial charge in [0, 0.05) is 23.0 Å². The highest BCUT2D eigenvalue weighted by molar-refractivity contribution is 7.93. The molecule has 0 aliphatic rings. The van der Waals surface area contributed by atoms with E-state index in [0.29, 0.717) is 27.9 Å². The third kappa shape index (κ3) is 4.31. The van der Waals surface area contributed by atoms with E-state index in [2.05, 4.69) is 9.72 Å². The number of H-pyrrole nitrogens is 1. The number of halogens is 1. The van der Waals surface area contributed by atoms with Gasteiger partial charge in [0.1, 0.15) is 10.6 Å². The summed E-state index contributed by atoms with van der Waals surface area (Å²) in [4.78, 5) is 28.1. The molecule has 0 fully saturated rings. The van der Waals surface area contributed by atoms with Crippen LogP contribution in [0.25, 0.3) is 22.2 Å². The molecule has 0 unspecified atom stereocenters. The van der Waals surface area contributed by atoms with Crippen LogP contribution < -0.4 is 9.04 Å². The fourth-order valence-electron chi connectivity index (χ4n) is 4.07. The van der Waals surface area contributed by atoms with E-state index >= 15 is 0 Å². The van der Waals surface area contributed by atoms with Crippen molar-refractivity contribution in [2.75, 3.05) is 25.1 Å². The highest BCUT2D eigenvalue weighted by atomic mass is 35.5. The summed E-state index contributed by atoms with van der Waals surface area (Å²) < 4.78 is 38.8. The Bertz CT molecular complexity index is 1580. The number of sulfonamides is 1. The van der Waals surface area contributed by atoms with E-state index in [1.807, 2.05) is 0 Å². The molecule has 0 atom stereocenters. The fraction of sp³-hybridized carbons (Fsp3) is 0.154. The first-order valence-corrected chi connectivity index (χ1v) is 12.7. The van der Waals surface area contributed by atoms with Crippen LogP contribution >= 0.6 is 11.6 Å². The summed E-state index contributed by atoms with van der Waals surface area (Å²) in [6.07, 6.45) is 0. The van der Waals surface area contributed by atoms with Crippen molar-refractivity contribution < 1.29 is 27.5 Å². The summed E-state index contributed by atoms with van der Waals surface area (Å²) in [6.45, 7) is 1.81. The van der Waals surface area contributed by atoms with Crippen LogP contribution in [0.2, 0.25) is 5.02 Å². The van der Waals surface area contributed by atoms with Gasteiger partial charge >= 0.3 is 5.97 Å². The molecule has 0 spiro atoms. The van der Waals surface area contributed by atoms with Crippen LogP contribution in [-0.4, -0.2) is 45.9 Å². The van der Waals surface area contributed by atoms with Gasteiger partial charge in [-0.1, -0.05) is 48.0 Å². The number of Topliss-reactive ketones (excluding diaryl/α,β-unsaturated/α-hetero) is 1. The van der Waals surface area contributed by atoms with Crippen molar-refractivity contribution in [1.82, 2.24) is 4.98 Å². The molecule has 186 valence electrons. The molecule has 0 amide bonds. The number of esters is 1. The minimum absolute atomic E-state index is 0.00375. The van der Waals surface area contributed by atoms with Crippen molar-refractivity contribution in [1.29, 1.82) is 0 Å². The van der Waals surface area contributed by atoms with E-state index in [0.717, 1.165) is 7.11 Å². The molecule has 4 aromatic rings. The molecule has 0 radical (unpaired) electrons. The predicted octanol–water partition coefficient (Wildman–Crippen LogP) is 5.07. The maximum absolute atomic E-state index is 13.8. The number of rotatable bonds is 8. The van der Waals surface area contributed by atoms with E-state index in [-0.39, 0.29) is 27.7 Å². The van der Waals surface area contributed by atoms with Crippen molar-refractivity contribution in [2.24, 2.45) is 0 Å². The molecule has 10 heteroatoms. The third-order valence-electron chi connectivity index (χ3n) is 5.73. The third-order valence-corrected chi connectivity index (χ3v) is 8.10. The number of ether oxygens (including phenoxy) is 2. The van der Waals surface area contributed by atoms with E-state index in [1.54, 1.807) is 61.5 Å². The molecule has 3 aromatic carbocycles. The van der Waals surface area contributed by atoms with E-state index in [1.165, 1.54) is 23.5 Å². The first-order valence-electron chi connectivity index (χ1n) is 10.9. The van der Waals surface area contributed by atoms with Gasteiger partial charge in [-0.2, -0.15) is 0 Å². The minimum atomic E-state index is -4.15. The van der Waals surface area contributed by atoms with Crippen LogP contribution in [0.5, 0.6) is 5.75 Å². The summed E-state index contributed by atoms with van der Waals surface area (Å²) >= 11 is 6.40. The lowest BCUT2D eigenvalue weighted by Crippen LogP contribution is -2.31. The largest absolute Gasteiger partial charge is 0.495 e. The second kappa shape index (κ2) is 10.0. The molecule has 0 aliphatic carbocycles. The SMILES string of the molecule is CCN(c1ccccc1OC)S(=O)(=O)c1cc(-c2[nH]c3ccccc3c2C(=O)C(=O)OC)ccc1Cl. The summed E-state index contributed by atoms with van der Waals surface area (Å²) in [6, 6.07) is 18.1. The van der Waals surface area contributed by atoms with E-state index in [4.69, 9.17) is 16.3 Å². The number of fused-ring (bicyclic) bond motifs is 1. The second-order valence-corrected chi connectivity index (χ2v) is 9.97. The number of carbonyl (C=O) groups is 2. The monoisotopic (exact) mass is 526 g/mol. The first kappa shape index (κ1) is 25.3. The molecular formula is C26H23ClN2O6S. The van der Waals surface area contributed by atoms with Gasteiger partial charge in [-0.05, 0) is 37.3 Å². The first-order chi connectivity index (χ1) is 17.2. The molecule has 0 bridgehead atoms. The second-order valence-electron chi connectivity index (χ2n) is 7.73. The number of hydrogen-bond donors (Lipinski definition) is 1. The Morgan fingerprint density at radius 3 is 2.39 bits per heavy atom. The Morgan fingerprint density at radius 1 is 1.00 bits per heavy atom. The van der Waals surface area contributed by atoms with Gasteiger partial charge < -0.3 is 14.5 Å². The molecular weight excluding hydrogens is 504 g/mol. The number of aromatic nitrogens is 1. The van der Waals surface area contributed by atoms with Crippen LogP contribution in [0.1, 0.15) is 17.3 Å². The van der Waals surface area contributed by atoms with Crippen LogP contribution in [0.3, 0.4) is 0 Å². The Kier molecular flexibility index (Phi) is 7.05. The lowest BCUT2D eigenvalue weighted by atomic mass is 10.0. The average molecular weight is 527 g/mol. The van der Waals surface area contributed by atoms with Crippen molar-refractivity contribution in [2.45, 2.75) is 11.8 Å². The zero-order valence-corrected chi connectivity index (χ0v) is 21.3. The van der Waals surface area contributed by atoms with Crippen molar-refractivity contribution in [3.05, 3.63) is 77.3 Å². The Morgan fingerprint density at radius 2 is 1.69 bits per heavy atom. The van der Waals surface area contributed by atoms with Gasteiger partial charge in [0.2, 0.25) is 0 Å². The average Bonchev–Trinajstić information content (AvgIpc) is 3.28. The van der Waals surface area contributed by atoms with Crippen molar-refractivity contribution in [3.8, 4) is 17.0 Å². The predicted molar refractivity (Wildman–Crippen MR) is 138 cm³/mol. The molecule has 4 rings (SSSR count). The maximum Gasteiger partial charge on any atom is 0.379 e. The number of ketones is 1. The van der Waals surface area contributed by atoms with Gasteiger partial charge in [-0.25, -0.2) is 13.2 Å². The molecule has 0 aliphatic heterocycles. The number of nitrogens with zero attached hydrogens (tertiary/aromatic N) is 1. The Balaban J connectivity index is 1.92. The number of carbonyl (C=O) groups excluding carboxylic acids is 2. The molecule has 0 saturated heterocycles. The van der Waals surface area contributed by atoms with Crippen LogP contribution in [0.15, 0.2) is 71.6 Å². The number of hydrogen-bond acceptors (Lipinski definition) is 6. The standard InChI is InChI=1S/C26H23ClN2O6S/c1-4-29(20-11-7-8-12-21(20)34-2)36(32,33)22-15-16(13-14-18(22)27)24-23(25(30)26(31)35-3)17-9-5-6-10-19(17)28-24/h5-15,28H,4H2,1-3H3. The molecule has 1 N–H and O–H groups in total. The normalized spacial score (nSPS) is 11.3. The molecule has 8 nitrogen and oxygen atoms in total. The smallest absolute Gasteiger partial charge is 0.379 e. The zero-order valence-electron chi connectivity index (χ0n) is 19.7. The van der Waals surface area contributed by atoms with Crippen molar-refractivity contribution >= 4 is 50.0 Å². The maximum atomic E-state index is 13.8. The lowest BCUT2D eigenvalue weighted by molar-refractivity contribution is -0.135. The molecule has 1 heterocycles. The summed E-state index contributed by atoms with van der Waals surface area (Å²) in [5, 5.41) is 0.510. The highest BCUT2D eigenvalue weighted by Gasteiger charge is 2.30. The van der Waals surface area contributed by atoms with Gasteiger partial charge in [0.25, 0.3) is 15.8 Å². The van der Waals surface area contributed by atoms with Gasteiger partial charge in [0.05, 0.1) is 36.2 Å². The number of methoxy groups -OCH3 is 2. The Hall–Kier alpha value is -3.82. The van der Waals surface area contributed by atoms with E-state index < -0.39 is 21.8 Å². The number of nitrogens with one attached hydrogen (secondary N) is 1. The summed E-state index contributed by atoms with van der Waals surface area (Å²) in [5.41, 5.74) is 1.68. The van der Waals surface area contributed by atoms with Crippen LogP contribution in [-0.2, 0) is 19.6 Å². The molecule has 36 heavy (non-hydrogen) atoms. The zero-order chi connectivity index (χ0) is 26.0. The number of aromatic amines is 1. The van der Waals surface area contributed by atoms with Gasteiger partial charge in [0.15, 0.2) is 0 Å². The van der Waals surface area contributed by atoms with Crippen LogP contribution in [0, 0.1) is 0 Å². The number of para-hydroxylation sites is 3. The van der Waals surface area contributed by atoms with Gasteiger partial charge in [-0.15, -0.1) is 0 Å². The number of benzene rings is 3. The quantitative estimate of drug-likeness (QED) is 0.195.